The first-order chi connectivity index (χ1) is 28.1. The topological polar surface area (TPSA) is 3.24 Å². The van der Waals surface area contributed by atoms with Crippen molar-refractivity contribution in [3.05, 3.63) is 198 Å². The van der Waals surface area contributed by atoms with E-state index in [1.807, 2.05) is 6.92 Å². The van der Waals surface area contributed by atoms with E-state index in [1.165, 1.54) is 93.5 Å². The molecule has 0 N–H and O–H groups in total. The van der Waals surface area contributed by atoms with Crippen LogP contribution < -0.4 is 4.90 Å². The summed E-state index contributed by atoms with van der Waals surface area (Å²) in [5, 5.41) is 8.28. The van der Waals surface area contributed by atoms with Gasteiger partial charge in [0.1, 0.15) is 0 Å². The summed E-state index contributed by atoms with van der Waals surface area (Å²) in [5.41, 5.74) is 17.4. The second-order valence-corrected chi connectivity index (χ2v) is 17.0. The molecule has 1 heteroatoms. The van der Waals surface area contributed by atoms with Gasteiger partial charge in [-0.2, -0.15) is 0 Å². The lowest BCUT2D eigenvalue weighted by Crippen LogP contribution is -2.24. The van der Waals surface area contributed by atoms with Gasteiger partial charge in [-0.1, -0.05) is 154 Å². The minimum atomic E-state index is -0.234. The molecule has 1 aliphatic rings. The summed E-state index contributed by atoms with van der Waals surface area (Å²) in [5.74, 6) is 0.463. The lowest BCUT2D eigenvalue weighted by atomic mass is 9.67. The fourth-order valence-electron chi connectivity index (χ4n) is 9.32. The van der Waals surface area contributed by atoms with E-state index in [-0.39, 0.29) is 5.41 Å². The molecule has 58 heavy (non-hydrogen) atoms. The maximum atomic E-state index is 3.36. The van der Waals surface area contributed by atoms with Crippen molar-refractivity contribution in [3.63, 3.8) is 0 Å². The summed E-state index contributed by atoms with van der Waals surface area (Å²) in [6.45, 7) is 19.0. The van der Waals surface area contributed by atoms with Gasteiger partial charge >= 0.3 is 0 Å². The molecular formula is C57H51N. The molecule has 1 nitrogen and oxygen atoms in total. The number of allylic oxidation sites excluding steroid dienone is 1. The highest BCUT2D eigenvalue weighted by Crippen LogP contribution is 2.54. The van der Waals surface area contributed by atoms with Crippen LogP contribution in [0.3, 0.4) is 0 Å². The van der Waals surface area contributed by atoms with Crippen LogP contribution in [0.25, 0.3) is 65.7 Å². The molecule has 0 atom stereocenters. The highest BCUT2D eigenvalue weighted by atomic mass is 15.1. The maximum Gasteiger partial charge on any atom is 0.0473 e. The number of fused-ring (bicyclic) bond motifs is 2. The predicted octanol–water partition coefficient (Wildman–Crippen LogP) is 16.6. The number of nitrogens with zero attached hydrogens (tertiary/aromatic N) is 1. The van der Waals surface area contributed by atoms with E-state index in [0.717, 1.165) is 17.1 Å². The molecule has 0 fully saturated rings. The minimum absolute atomic E-state index is 0.234. The molecule has 0 unspecified atom stereocenters. The fraction of sp³-hybridized carbons (Fsp3) is 0.158. The first-order valence-electron chi connectivity index (χ1n) is 20.7. The van der Waals surface area contributed by atoms with Crippen molar-refractivity contribution < 1.29 is 0 Å². The summed E-state index contributed by atoms with van der Waals surface area (Å²) in [6, 6.07) is 59.6. The standard InChI is InChI=1S/C54H45N.C3H6/c1-33(2)45-24-22-39-31-50-53-48(26-21-38-20-25-47(45)51(39)52(38)53)46-27-23-43(32-49(46)54(50,5)6)55(42-10-8-7-9-11-42)44-29-40(36-16-12-34(3)13-17-36)28-41(30-44)37-18-14-35(4)15-19-37;1-3-2/h7-33H,1-6H3;3H,1H2,2H3. The van der Waals surface area contributed by atoms with Gasteiger partial charge in [0.25, 0.3) is 0 Å². The Bertz CT molecular complexity index is 2900. The molecule has 0 aliphatic heterocycles. The Hall–Kier alpha value is -6.44. The van der Waals surface area contributed by atoms with Crippen LogP contribution in [0.5, 0.6) is 0 Å². The van der Waals surface area contributed by atoms with Gasteiger partial charge in [-0.25, -0.2) is 0 Å². The highest BCUT2D eigenvalue weighted by Gasteiger charge is 2.35. The Balaban J connectivity index is 0.00000141. The van der Waals surface area contributed by atoms with E-state index in [1.54, 1.807) is 6.08 Å². The Morgan fingerprint density at radius 2 is 1.09 bits per heavy atom. The largest absolute Gasteiger partial charge is 0.310 e. The Kier molecular flexibility index (Phi) is 9.29. The summed E-state index contributed by atoms with van der Waals surface area (Å²) in [6.07, 6.45) is 1.75. The summed E-state index contributed by atoms with van der Waals surface area (Å²) in [7, 11) is 0. The molecule has 0 saturated heterocycles. The van der Waals surface area contributed by atoms with Crippen LogP contribution in [0.2, 0.25) is 0 Å². The van der Waals surface area contributed by atoms with Crippen molar-refractivity contribution in [2.45, 2.75) is 59.8 Å². The molecular weight excluding hydrogens is 699 g/mol. The average molecular weight is 750 g/mol. The third kappa shape index (κ3) is 6.18. The zero-order valence-corrected chi connectivity index (χ0v) is 34.8. The second-order valence-electron chi connectivity index (χ2n) is 17.0. The Labute approximate surface area is 344 Å². The number of benzene rings is 9. The zero-order chi connectivity index (χ0) is 40.3. The van der Waals surface area contributed by atoms with Gasteiger partial charge in [-0.05, 0) is 158 Å². The summed E-state index contributed by atoms with van der Waals surface area (Å²) in [4.78, 5) is 2.45. The first-order valence-corrected chi connectivity index (χ1v) is 20.7. The van der Waals surface area contributed by atoms with E-state index in [0.29, 0.717) is 5.92 Å². The lowest BCUT2D eigenvalue weighted by molar-refractivity contribution is 0.646. The number of rotatable bonds is 6. The predicted molar refractivity (Wildman–Crippen MR) is 253 cm³/mol. The quantitative estimate of drug-likeness (QED) is 0.121. The van der Waals surface area contributed by atoms with Crippen LogP contribution in [0.1, 0.15) is 68.4 Å². The molecule has 9 aromatic rings. The van der Waals surface area contributed by atoms with E-state index < -0.39 is 0 Å². The van der Waals surface area contributed by atoms with Crippen molar-refractivity contribution in [3.8, 4) is 33.4 Å². The monoisotopic (exact) mass is 749 g/mol. The second kappa shape index (κ2) is 14.5. The van der Waals surface area contributed by atoms with Crippen molar-refractivity contribution in [1.82, 2.24) is 0 Å². The molecule has 0 aromatic heterocycles. The number of para-hydroxylation sites is 1. The van der Waals surface area contributed by atoms with E-state index in [9.17, 15) is 0 Å². The third-order valence-electron chi connectivity index (χ3n) is 12.3. The molecule has 0 bridgehead atoms. The Morgan fingerprint density at radius 1 is 0.500 bits per heavy atom. The van der Waals surface area contributed by atoms with Crippen molar-refractivity contribution >= 4 is 49.4 Å². The highest BCUT2D eigenvalue weighted by molar-refractivity contribution is 6.28. The smallest absolute Gasteiger partial charge is 0.0473 e. The number of hydrogen-bond acceptors (Lipinski definition) is 1. The van der Waals surface area contributed by atoms with Crippen molar-refractivity contribution in [1.29, 1.82) is 0 Å². The minimum Gasteiger partial charge on any atom is -0.310 e. The van der Waals surface area contributed by atoms with E-state index >= 15 is 0 Å². The van der Waals surface area contributed by atoms with Crippen LogP contribution in [0.15, 0.2) is 170 Å². The summed E-state index contributed by atoms with van der Waals surface area (Å²) < 4.78 is 0. The third-order valence-corrected chi connectivity index (χ3v) is 12.3. The van der Waals surface area contributed by atoms with Crippen LogP contribution in [-0.2, 0) is 5.41 Å². The molecule has 0 amide bonds. The average Bonchev–Trinajstić information content (AvgIpc) is 3.23. The first kappa shape index (κ1) is 37.2. The van der Waals surface area contributed by atoms with Crippen LogP contribution in [0, 0.1) is 13.8 Å². The molecule has 284 valence electrons. The van der Waals surface area contributed by atoms with Crippen LogP contribution in [0.4, 0.5) is 17.1 Å². The lowest BCUT2D eigenvalue weighted by Gasteiger charge is -2.37. The van der Waals surface area contributed by atoms with Gasteiger partial charge < -0.3 is 4.90 Å². The molecule has 0 spiro atoms. The van der Waals surface area contributed by atoms with Gasteiger partial charge in [0, 0.05) is 22.5 Å². The van der Waals surface area contributed by atoms with Crippen molar-refractivity contribution in [2.24, 2.45) is 0 Å². The molecule has 9 aromatic carbocycles. The number of anilines is 3. The normalized spacial score (nSPS) is 12.8. The fourth-order valence-corrected chi connectivity index (χ4v) is 9.32. The Morgan fingerprint density at radius 3 is 1.71 bits per heavy atom. The summed E-state index contributed by atoms with van der Waals surface area (Å²) >= 11 is 0. The molecule has 0 heterocycles. The van der Waals surface area contributed by atoms with Gasteiger partial charge in [0.15, 0.2) is 0 Å². The van der Waals surface area contributed by atoms with Crippen LogP contribution in [-0.4, -0.2) is 0 Å². The van der Waals surface area contributed by atoms with Gasteiger partial charge in [0.05, 0.1) is 0 Å². The zero-order valence-electron chi connectivity index (χ0n) is 34.8. The van der Waals surface area contributed by atoms with E-state index in [2.05, 4.69) is 211 Å². The number of hydrogen-bond donors (Lipinski definition) is 0. The van der Waals surface area contributed by atoms with Gasteiger partial charge in [-0.3, -0.25) is 0 Å². The van der Waals surface area contributed by atoms with Crippen molar-refractivity contribution in [2.75, 3.05) is 4.90 Å². The number of aryl methyl sites for hydroxylation is 2. The molecule has 10 rings (SSSR count). The van der Waals surface area contributed by atoms with Gasteiger partial charge in [0.2, 0.25) is 0 Å². The SMILES string of the molecule is C=CC.Cc1ccc(-c2cc(-c3ccc(C)cc3)cc(N(c3ccccc3)c3ccc4c(c3)C(C)(C)c3cc5ccc(C(C)C)c6ccc7ccc-4c3c7c56)c2)cc1. The van der Waals surface area contributed by atoms with Crippen LogP contribution >= 0.6 is 0 Å². The van der Waals surface area contributed by atoms with E-state index in [4.69, 9.17) is 0 Å². The molecule has 0 saturated carbocycles. The maximum absolute atomic E-state index is 3.36. The molecule has 1 aliphatic carbocycles. The van der Waals surface area contributed by atoms with Gasteiger partial charge in [-0.15, -0.1) is 6.58 Å². The molecule has 0 radical (unpaired) electrons.